The molecular formula is C18H25N3O2. The SMILES string of the molecule is CN(CCNC(=O)[C@H]1CC(=O)N(Cc2ccccc2)C1)C1CC1. The van der Waals surface area contributed by atoms with Gasteiger partial charge in [0.15, 0.2) is 0 Å². The minimum absolute atomic E-state index is 0.0121. The average Bonchev–Trinajstić information content (AvgIpc) is 3.33. The van der Waals surface area contributed by atoms with E-state index in [1.54, 1.807) is 4.90 Å². The second-order valence-electron chi connectivity index (χ2n) is 6.66. The lowest BCUT2D eigenvalue weighted by molar-refractivity contribution is -0.129. The first-order valence-corrected chi connectivity index (χ1v) is 8.43. The van der Waals surface area contributed by atoms with E-state index in [0.29, 0.717) is 32.1 Å². The highest BCUT2D eigenvalue weighted by Gasteiger charge is 2.34. The van der Waals surface area contributed by atoms with Crippen LogP contribution in [0.4, 0.5) is 0 Å². The van der Waals surface area contributed by atoms with Crippen LogP contribution in [0.15, 0.2) is 30.3 Å². The second kappa shape index (κ2) is 7.13. The lowest BCUT2D eigenvalue weighted by Gasteiger charge is -2.18. The first-order chi connectivity index (χ1) is 11.1. The van der Waals surface area contributed by atoms with Gasteiger partial charge in [-0.3, -0.25) is 9.59 Å². The molecule has 23 heavy (non-hydrogen) atoms. The van der Waals surface area contributed by atoms with Gasteiger partial charge in [-0.2, -0.15) is 0 Å². The zero-order chi connectivity index (χ0) is 16.2. The molecule has 1 aromatic rings. The number of carbonyl (C=O) groups is 2. The van der Waals surface area contributed by atoms with Gasteiger partial charge in [-0.15, -0.1) is 0 Å². The molecule has 5 nitrogen and oxygen atoms in total. The number of carbonyl (C=O) groups excluding carboxylic acids is 2. The predicted molar refractivity (Wildman–Crippen MR) is 88.6 cm³/mol. The van der Waals surface area contributed by atoms with Crippen LogP contribution in [0, 0.1) is 5.92 Å². The first kappa shape index (κ1) is 16.0. The molecule has 3 rings (SSSR count). The van der Waals surface area contributed by atoms with Crippen LogP contribution in [0.1, 0.15) is 24.8 Å². The molecule has 0 spiro atoms. The molecule has 124 valence electrons. The van der Waals surface area contributed by atoms with Gasteiger partial charge in [0.25, 0.3) is 0 Å². The van der Waals surface area contributed by atoms with Crippen molar-refractivity contribution in [3.05, 3.63) is 35.9 Å². The third-order valence-corrected chi connectivity index (χ3v) is 4.74. The number of rotatable bonds is 7. The van der Waals surface area contributed by atoms with Crippen molar-refractivity contribution in [2.24, 2.45) is 5.92 Å². The van der Waals surface area contributed by atoms with Crippen LogP contribution in [0.25, 0.3) is 0 Å². The van der Waals surface area contributed by atoms with E-state index in [1.165, 1.54) is 12.8 Å². The first-order valence-electron chi connectivity index (χ1n) is 8.43. The number of benzene rings is 1. The third kappa shape index (κ3) is 4.32. The lowest BCUT2D eigenvalue weighted by atomic mass is 10.1. The highest BCUT2D eigenvalue weighted by Crippen LogP contribution is 2.24. The van der Waals surface area contributed by atoms with Crippen molar-refractivity contribution < 1.29 is 9.59 Å². The van der Waals surface area contributed by atoms with E-state index in [4.69, 9.17) is 0 Å². The Morgan fingerprint density at radius 2 is 2.04 bits per heavy atom. The summed E-state index contributed by atoms with van der Waals surface area (Å²) in [4.78, 5) is 28.4. The lowest BCUT2D eigenvalue weighted by Crippen LogP contribution is -2.38. The number of hydrogen-bond donors (Lipinski definition) is 1. The van der Waals surface area contributed by atoms with Gasteiger partial charge >= 0.3 is 0 Å². The standard InChI is InChI=1S/C18H25N3O2/c1-20(16-7-8-16)10-9-19-18(23)15-11-17(22)21(13-15)12-14-5-3-2-4-6-14/h2-6,15-16H,7-13H2,1H3,(H,19,23)/t15-/m0/s1. The van der Waals surface area contributed by atoms with E-state index in [0.717, 1.165) is 12.1 Å². The number of amides is 2. The summed E-state index contributed by atoms with van der Waals surface area (Å²) in [6, 6.07) is 10.6. The van der Waals surface area contributed by atoms with Gasteiger partial charge in [0.2, 0.25) is 11.8 Å². The van der Waals surface area contributed by atoms with Crippen LogP contribution >= 0.6 is 0 Å². The van der Waals surface area contributed by atoms with Gasteiger partial charge in [0, 0.05) is 38.6 Å². The summed E-state index contributed by atoms with van der Waals surface area (Å²) < 4.78 is 0. The molecule has 1 aliphatic carbocycles. The molecule has 0 aromatic heterocycles. The van der Waals surface area contributed by atoms with Crippen LogP contribution in [0.5, 0.6) is 0 Å². The average molecular weight is 315 g/mol. The summed E-state index contributed by atoms with van der Waals surface area (Å²) in [5.74, 6) is -0.125. The maximum atomic E-state index is 12.2. The fourth-order valence-corrected chi connectivity index (χ4v) is 3.10. The van der Waals surface area contributed by atoms with Crippen molar-refractivity contribution in [3.63, 3.8) is 0 Å². The Labute approximate surface area is 137 Å². The van der Waals surface area contributed by atoms with Crippen LogP contribution in [-0.2, 0) is 16.1 Å². The largest absolute Gasteiger partial charge is 0.355 e. The number of likely N-dealkylation sites (tertiary alicyclic amines) is 1. The summed E-state index contributed by atoms with van der Waals surface area (Å²) in [6.45, 7) is 2.66. The molecule has 1 atom stereocenters. The van der Waals surface area contributed by atoms with Crippen LogP contribution in [-0.4, -0.2) is 54.3 Å². The molecule has 1 saturated heterocycles. The number of hydrogen-bond acceptors (Lipinski definition) is 3. The van der Waals surface area contributed by atoms with Gasteiger partial charge < -0.3 is 15.1 Å². The van der Waals surface area contributed by atoms with Crippen molar-refractivity contribution in [1.29, 1.82) is 0 Å². The maximum absolute atomic E-state index is 12.2. The topological polar surface area (TPSA) is 52.7 Å². The Bertz CT molecular complexity index is 557. The van der Waals surface area contributed by atoms with Gasteiger partial charge in [-0.1, -0.05) is 30.3 Å². The number of likely N-dealkylation sites (N-methyl/N-ethyl adjacent to an activating group) is 1. The van der Waals surface area contributed by atoms with Gasteiger partial charge in [-0.05, 0) is 25.5 Å². The van der Waals surface area contributed by atoms with Crippen LogP contribution in [0.2, 0.25) is 0 Å². The van der Waals surface area contributed by atoms with E-state index in [1.807, 2.05) is 30.3 Å². The zero-order valence-corrected chi connectivity index (χ0v) is 13.7. The van der Waals surface area contributed by atoms with E-state index >= 15 is 0 Å². The Balaban J connectivity index is 1.43. The summed E-state index contributed by atoms with van der Waals surface area (Å²) in [5, 5.41) is 2.98. The fourth-order valence-electron chi connectivity index (χ4n) is 3.10. The van der Waals surface area contributed by atoms with E-state index in [9.17, 15) is 9.59 Å². The predicted octanol–water partition coefficient (Wildman–Crippen LogP) is 1.25. The molecule has 5 heteroatoms. The fraction of sp³-hybridized carbons (Fsp3) is 0.556. The quantitative estimate of drug-likeness (QED) is 0.824. The van der Waals surface area contributed by atoms with Crippen molar-refractivity contribution in [2.45, 2.75) is 31.8 Å². The normalized spacial score (nSPS) is 21.0. The Hall–Kier alpha value is -1.88. The minimum atomic E-state index is -0.211. The molecule has 1 heterocycles. The van der Waals surface area contributed by atoms with Crippen LogP contribution in [0.3, 0.4) is 0 Å². The minimum Gasteiger partial charge on any atom is -0.355 e. The van der Waals surface area contributed by atoms with Crippen LogP contribution < -0.4 is 5.32 Å². The van der Waals surface area contributed by atoms with Crippen molar-refractivity contribution >= 4 is 11.8 Å². The van der Waals surface area contributed by atoms with E-state index in [2.05, 4.69) is 17.3 Å². The number of nitrogens with zero attached hydrogens (tertiary/aromatic N) is 2. The molecular weight excluding hydrogens is 290 g/mol. The zero-order valence-electron chi connectivity index (χ0n) is 13.7. The molecule has 0 radical (unpaired) electrons. The van der Waals surface area contributed by atoms with Gasteiger partial charge in [-0.25, -0.2) is 0 Å². The van der Waals surface area contributed by atoms with Crippen molar-refractivity contribution in [2.75, 3.05) is 26.7 Å². The monoisotopic (exact) mass is 315 g/mol. The Morgan fingerprint density at radius 1 is 1.30 bits per heavy atom. The van der Waals surface area contributed by atoms with Crippen molar-refractivity contribution in [1.82, 2.24) is 15.1 Å². The molecule has 1 saturated carbocycles. The molecule has 2 fully saturated rings. The van der Waals surface area contributed by atoms with E-state index < -0.39 is 0 Å². The molecule has 1 N–H and O–H groups in total. The maximum Gasteiger partial charge on any atom is 0.225 e. The van der Waals surface area contributed by atoms with E-state index in [-0.39, 0.29) is 17.7 Å². The molecule has 2 aliphatic rings. The molecule has 2 amide bonds. The Kier molecular flexibility index (Phi) is 4.96. The molecule has 1 aliphatic heterocycles. The molecule has 1 aromatic carbocycles. The smallest absolute Gasteiger partial charge is 0.225 e. The summed E-state index contributed by atoms with van der Waals surface area (Å²) in [5.41, 5.74) is 1.10. The van der Waals surface area contributed by atoms with Crippen molar-refractivity contribution in [3.8, 4) is 0 Å². The Morgan fingerprint density at radius 3 is 2.74 bits per heavy atom. The summed E-state index contributed by atoms with van der Waals surface area (Å²) >= 11 is 0. The number of nitrogens with one attached hydrogen (secondary N) is 1. The molecule has 0 bridgehead atoms. The third-order valence-electron chi connectivity index (χ3n) is 4.74. The summed E-state index contributed by atoms with van der Waals surface area (Å²) in [6.07, 6.45) is 2.88. The highest BCUT2D eigenvalue weighted by atomic mass is 16.2. The van der Waals surface area contributed by atoms with Gasteiger partial charge in [0.05, 0.1) is 5.92 Å². The highest BCUT2D eigenvalue weighted by molar-refractivity contribution is 5.89. The molecule has 0 unspecified atom stereocenters. The van der Waals surface area contributed by atoms with Gasteiger partial charge in [0.1, 0.15) is 0 Å². The summed E-state index contributed by atoms with van der Waals surface area (Å²) in [7, 11) is 2.10. The second-order valence-corrected chi connectivity index (χ2v) is 6.66.